The number of rotatable bonds is 4. The molecule has 7 heteroatoms. The maximum absolute atomic E-state index is 11.8. The van der Waals surface area contributed by atoms with Crippen molar-refractivity contribution >= 4 is 14.3 Å². The van der Waals surface area contributed by atoms with Gasteiger partial charge in [0.25, 0.3) is 0 Å². The van der Waals surface area contributed by atoms with Crippen LogP contribution in [0.4, 0.5) is 0 Å². The molecule has 0 radical (unpaired) electrons. The second kappa shape index (κ2) is 8.19. The van der Waals surface area contributed by atoms with Crippen molar-refractivity contribution in [3.8, 4) is 0 Å². The summed E-state index contributed by atoms with van der Waals surface area (Å²) < 4.78 is 32.5. The first-order chi connectivity index (χ1) is 14.8. The summed E-state index contributed by atoms with van der Waals surface area (Å²) in [7, 11) is -2.03. The lowest BCUT2D eigenvalue weighted by Gasteiger charge is -2.59. The van der Waals surface area contributed by atoms with E-state index in [-0.39, 0.29) is 47.6 Å². The lowest BCUT2D eigenvalue weighted by Crippen LogP contribution is -2.68. The monoisotopic (exact) mass is 466 g/mol. The minimum absolute atomic E-state index is 0.0165. The highest BCUT2D eigenvalue weighted by Crippen LogP contribution is 2.51. The van der Waals surface area contributed by atoms with Crippen molar-refractivity contribution in [3.63, 3.8) is 0 Å². The van der Waals surface area contributed by atoms with Gasteiger partial charge >= 0.3 is 5.97 Å². The van der Waals surface area contributed by atoms with Crippen molar-refractivity contribution in [1.29, 1.82) is 0 Å². The molecule has 0 saturated carbocycles. The van der Waals surface area contributed by atoms with Crippen LogP contribution in [0.5, 0.6) is 0 Å². The Morgan fingerprint density at radius 2 is 1.81 bits per heavy atom. The summed E-state index contributed by atoms with van der Waals surface area (Å²) in [4.78, 5) is 11.8. The fourth-order valence-electron chi connectivity index (χ4n) is 5.82. The number of esters is 1. The van der Waals surface area contributed by atoms with E-state index in [0.29, 0.717) is 6.42 Å². The number of ether oxygens (including phenoxy) is 4. The van der Waals surface area contributed by atoms with Crippen LogP contribution in [0.25, 0.3) is 0 Å². The highest BCUT2D eigenvalue weighted by Gasteiger charge is 2.60. The Labute approximate surface area is 194 Å². The van der Waals surface area contributed by atoms with Gasteiger partial charge in [0.1, 0.15) is 12.2 Å². The van der Waals surface area contributed by atoms with E-state index >= 15 is 0 Å². The summed E-state index contributed by atoms with van der Waals surface area (Å²) in [6.07, 6.45) is 5.61. The van der Waals surface area contributed by atoms with Crippen LogP contribution in [0.1, 0.15) is 73.1 Å². The van der Waals surface area contributed by atoms with Gasteiger partial charge in [-0.2, -0.15) is 0 Å². The van der Waals surface area contributed by atoms with E-state index in [4.69, 9.17) is 23.4 Å². The molecule has 4 aliphatic rings. The number of hydrogen-bond acceptors (Lipinski definition) is 6. The number of carbonyl (C=O) groups is 1. The zero-order chi connectivity index (χ0) is 23.5. The van der Waals surface area contributed by atoms with Crippen LogP contribution in [-0.2, 0) is 28.2 Å². The van der Waals surface area contributed by atoms with Gasteiger partial charge in [-0.1, -0.05) is 26.8 Å². The normalized spacial score (nSPS) is 44.7. The van der Waals surface area contributed by atoms with Gasteiger partial charge in [-0.25, -0.2) is 0 Å². The Morgan fingerprint density at radius 3 is 2.47 bits per heavy atom. The van der Waals surface area contributed by atoms with E-state index in [1.165, 1.54) is 0 Å². The number of fused-ring (bicyclic) bond motifs is 3. The van der Waals surface area contributed by atoms with Gasteiger partial charge in [-0.3, -0.25) is 4.79 Å². The molecule has 8 atom stereocenters. The predicted molar refractivity (Wildman–Crippen MR) is 125 cm³/mol. The van der Waals surface area contributed by atoms with E-state index in [2.05, 4.69) is 54.3 Å². The summed E-state index contributed by atoms with van der Waals surface area (Å²) in [5.41, 5.74) is -0.900. The lowest BCUT2D eigenvalue weighted by atomic mass is 9.74. The molecule has 4 fully saturated rings. The smallest absolute Gasteiger partial charge is 0.308 e. The van der Waals surface area contributed by atoms with Gasteiger partial charge in [0.15, 0.2) is 8.32 Å². The molecule has 0 bridgehead atoms. The minimum atomic E-state index is -2.03. The fraction of sp³-hybridized carbons (Fsp3) is 0.880. The van der Waals surface area contributed by atoms with Crippen LogP contribution in [0, 0.1) is 0 Å². The molecule has 0 aromatic rings. The molecule has 0 aromatic carbocycles. The average molecular weight is 467 g/mol. The van der Waals surface area contributed by atoms with Crippen molar-refractivity contribution < 1.29 is 28.2 Å². The molecule has 0 unspecified atom stereocenters. The molecular formula is C25H42O6Si. The number of carbonyl (C=O) groups excluding carboxylic acids is 1. The molecule has 0 aromatic heterocycles. The van der Waals surface area contributed by atoms with Gasteiger partial charge < -0.3 is 23.4 Å². The van der Waals surface area contributed by atoms with Crippen LogP contribution in [0.2, 0.25) is 18.1 Å². The van der Waals surface area contributed by atoms with Gasteiger partial charge in [-0.05, 0) is 51.2 Å². The maximum Gasteiger partial charge on any atom is 0.308 e. The second-order valence-corrected chi connectivity index (χ2v) is 16.9. The molecule has 4 heterocycles. The Hall–Kier alpha value is -0.733. The van der Waals surface area contributed by atoms with Crippen molar-refractivity contribution in [3.05, 3.63) is 12.7 Å². The second-order valence-electron chi connectivity index (χ2n) is 12.2. The third-order valence-electron chi connectivity index (χ3n) is 8.50. The van der Waals surface area contributed by atoms with Crippen LogP contribution in [0.3, 0.4) is 0 Å². The Balaban J connectivity index is 1.57. The van der Waals surface area contributed by atoms with Crippen molar-refractivity contribution in [2.24, 2.45) is 0 Å². The van der Waals surface area contributed by atoms with Crippen LogP contribution >= 0.6 is 0 Å². The Morgan fingerprint density at radius 1 is 1.12 bits per heavy atom. The van der Waals surface area contributed by atoms with E-state index in [0.717, 1.165) is 32.1 Å². The molecule has 32 heavy (non-hydrogen) atoms. The zero-order valence-corrected chi connectivity index (χ0v) is 21.9. The molecule has 0 spiro atoms. The van der Waals surface area contributed by atoms with Crippen molar-refractivity contribution in [2.45, 2.75) is 139 Å². The molecule has 182 valence electrons. The molecule has 0 amide bonds. The summed E-state index contributed by atoms with van der Waals surface area (Å²) >= 11 is 0. The third kappa shape index (κ3) is 4.36. The summed E-state index contributed by atoms with van der Waals surface area (Å²) in [5, 5.41) is 0.107. The first-order valence-electron chi connectivity index (χ1n) is 12.3. The Bertz CT molecular complexity index is 747. The molecule has 4 rings (SSSR count). The molecule has 4 aliphatic heterocycles. The van der Waals surface area contributed by atoms with Crippen molar-refractivity contribution in [2.75, 3.05) is 0 Å². The lowest BCUT2D eigenvalue weighted by molar-refractivity contribution is -0.307. The first-order valence-corrected chi connectivity index (χ1v) is 15.2. The largest absolute Gasteiger partial charge is 0.460 e. The van der Waals surface area contributed by atoms with Crippen LogP contribution in [-0.4, -0.2) is 62.1 Å². The predicted octanol–water partition coefficient (Wildman–Crippen LogP) is 4.91. The first kappa shape index (κ1) is 24.4. The number of hydrogen-bond donors (Lipinski definition) is 0. The van der Waals surface area contributed by atoms with Crippen molar-refractivity contribution in [1.82, 2.24) is 0 Å². The van der Waals surface area contributed by atoms with Gasteiger partial charge in [-0.15, -0.1) is 6.58 Å². The molecular weight excluding hydrogens is 424 g/mol. The topological polar surface area (TPSA) is 63.2 Å². The molecule has 6 nitrogen and oxygen atoms in total. The van der Waals surface area contributed by atoms with E-state index in [1.807, 2.05) is 6.08 Å². The standard InChI is InChI=1S/C25H42O6Si/c1-9-10-20-25(6,31-32(7,8)23(2,3)4)15-24(5)21(29-20)13-18-17(30-24)12-11-16-19(27-18)14-22(26)28-16/h9,16-21H,1,10-15H2,2-8H3/t16-,17+,18-,19+,20-,21+,24-,25+/m1/s1. The minimum Gasteiger partial charge on any atom is -0.460 e. The van der Waals surface area contributed by atoms with Gasteiger partial charge in [0.05, 0.1) is 42.0 Å². The van der Waals surface area contributed by atoms with Crippen LogP contribution in [0.15, 0.2) is 12.7 Å². The van der Waals surface area contributed by atoms with Gasteiger partial charge in [0.2, 0.25) is 0 Å². The summed E-state index contributed by atoms with van der Waals surface area (Å²) in [6.45, 7) is 19.8. The van der Waals surface area contributed by atoms with Gasteiger partial charge in [0, 0.05) is 12.8 Å². The third-order valence-corrected chi connectivity index (χ3v) is 13.1. The average Bonchev–Trinajstić information content (AvgIpc) is 2.91. The summed E-state index contributed by atoms with van der Waals surface area (Å²) in [6, 6.07) is 0. The van der Waals surface area contributed by atoms with E-state index in [9.17, 15) is 4.79 Å². The quantitative estimate of drug-likeness (QED) is 0.333. The molecule has 0 N–H and O–H groups in total. The highest BCUT2D eigenvalue weighted by atomic mass is 28.4. The highest BCUT2D eigenvalue weighted by molar-refractivity contribution is 6.74. The molecule has 0 aliphatic carbocycles. The Kier molecular flexibility index (Phi) is 6.24. The maximum atomic E-state index is 11.8. The zero-order valence-electron chi connectivity index (χ0n) is 20.9. The van der Waals surface area contributed by atoms with E-state index in [1.54, 1.807) is 0 Å². The SMILES string of the molecule is C=CC[C@H]1O[C@H]2C[C@H]3O[C@H]4CC(=O)O[C@@H]4CC[C@@H]3O[C@]2(C)C[C@]1(C)O[Si](C)(C)C(C)(C)C. The van der Waals surface area contributed by atoms with Crippen LogP contribution < -0.4 is 0 Å². The molecule has 4 saturated heterocycles. The van der Waals surface area contributed by atoms with E-state index < -0.39 is 19.5 Å². The fourth-order valence-corrected chi connectivity index (χ4v) is 7.50. The summed E-state index contributed by atoms with van der Waals surface area (Å²) in [5.74, 6) is -0.154.